The summed E-state index contributed by atoms with van der Waals surface area (Å²) in [5.74, 6) is -3.83. The fourth-order valence-electron chi connectivity index (χ4n) is 12.5. The van der Waals surface area contributed by atoms with E-state index in [0.29, 0.717) is 36.1 Å². The number of hydrogen-bond donors (Lipinski definition) is 5. The molecule has 0 bridgehead atoms. The Morgan fingerprint density at radius 1 is 0.591 bits per heavy atom. The van der Waals surface area contributed by atoms with Crippen molar-refractivity contribution >= 4 is 53.4 Å². The number of allylic oxidation sites excluding steroid dienone is 2. The first-order valence-electron chi connectivity index (χ1n) is 32.7. The van der Waals surface area contributed by atoms with Gasteiger partial charge in [0, 0.05) is 38.2 Å². The maximum absolute atomic E-state index is 15.0. The van der Waals surface area contributed by atoms with E-state index in [1.807, 2.05) is 81.5 Å². The van der Waals surface area contributed by atoms with Crippen molar-refractivity contribution in [1.29, 1.82) is 0 Å². The molecule has 8 amide bonds. The smallest absolute Gasteiger partial charge is 0.410 e. The zero-order chi connectivity index (χ0) is 67.7. The lowest BCUT2D eigenvalue weighted by molar-refractivity contribution is -0.144. The molecule has 1 fully saturated rings. The quantitative estimate of drug-likeness (QED) is 0.0519. The van der Waals surface area contributed by atoms with Gasteiger partial charge in [0.2, 0.25) is 29.5 Å². The van der Waals surface area contributed by atoms with E-state index < -0.39 is 101 Å². The van der Waals surface area contributed by atoms with Crippen LogP contribution in [0.3, 0.4) is 0 Å². The Morgan fingerprint density at radius 3 is 1.61 bits per heavy atom. The molecule has 5 N–H and O–H groups in total. The van der Waals surface area contributed by atoms with Crippen molar-refractivity contribution in [3.05, 3.63) is 148 Å². The van der Waals surface area contributed by atoms with E-state index >= 15 is 0 Å². The van der Waals surface area contributed by atoms with Gasteiger partial charge in [0.1, 0.15) is 47.7 Å². The number of nitrogens with one attached hydrogen (secondary N) is 5. The van der Waals surface area contributed by atoms with Crippen molar-refractivity contribution in [2.45, 2.75) is 207 Å². The Morgan fingerprint density at radius 2 is 1.09 bits per heavy atom. The number of carbonyl (C=O) groups is 9. The number of fused-ring (bicyclic) bond motifs is 2. The van der Waals surface area contributed by atoms with Crippen molar-refractivity contribution in [3.8, 4) is 5.75 Å². The minimum absolute atomic E-state index is 0.0174. The largest absolute Gasteiger partial charge is 0.489 e. The molecular weight excluding hydrogens is 1180 g/mol. The van der Waals surface area contributed by atoms with Crippen LogP contribution in [0.15, 0.2) is 109 Å². The molecule has 4 aromatic carbocycles. The van der Waals surface area contributed by atoms with Crippen molar-refractivity contribution < 1.29 is 57.4 Å². The number of aryl methyl sites for hydroxylation is 2. The van der Waals surface area contributed by atoms with Crippen LogP contribution in [0.2, 0.25) is 0 Å². The second-order valence-corrected chi connectivity index (χ2v) is 28.5. The lowest BCUT2D eigenvalue weighted by Crippen LogP contribution is -2.60. The number of carbonyl (C=O) groups excluding carboxylic acids is 9. The number of ether oxygens (including phenoxy) is 3. The van der Waals surface area contributed by atoms with Crippen LogP contribution >= 0.6 is 0 Å². The molecule has 1 aliphatic heterocycles. The second-order valence-electron chi connectivity index (χ2n) is 28.5. The van der Waals surface area contributed by atoms with Crippen molar-refractivity contribution in [3.63, 3.8) is 0 Å². The number of nitrogens with zero attached hydrogens (tertiary/aromatic N) is 3. The highest BCUT2D eigenvalue weighted by Crippen LogP contribution is 2.35. The lowest BCUT2D eigenvalue weighted by Gasteiger charge is -2.37. The molecule has 93 heavy (non-hydrogen) atoms. The predicted molar refractivity (Wildman–Crippen MR) is 353 cm³/mol. The molecule has 4 aromatic rings. The zero-order valence-corrected chi connectivity index (χ0v) is 56.4. The molecule has 0 aromatic heterocycles. The van der Waals surface area contributed by atoms with Gasteiger partial charge in [-0.15, -0.1) is 0 Å². The van der Waals surface area contributed by atoms with Gasteiger partial charge in [-0.1, -0.05) is 106 Å². The van der Waals surface area contributed by atoms with Crippen LogP contribution in [0.25, 0.3) is 0 Å². The van der Waals surface area contributed by atoms with E-state index in [2.05, 4.69) is 38.7 Å². The topological polar surface area (TPSA) is 251 Å². The molecule has 0 spiro atoms. The standard InChI is InChI=1S/C73H96N8O12/c1-44(79(12)69(89)92-72(6,7)8)63(83)77-59(61(82)55-28-18-19-29-56(55)66(86)75-57-30-20-24-48-22-14-16-26-53(48)57)40-46-34-38-52(39-35-46)91-43-47-32-36-50(37-33-47)65(85)74-51-41-60(67(87)76-58-31-21-25-49-23-15-17-27-54(49)58)81(42-51)68(88)62(71(3,4)5)78-64(84)45(2)80(13)70(90)93-73(9,10)11/h14-19,22-23,26-27,32-39,44-45,51,55-60,62H,20-21,24-25,28-31,40-43H2,1-13H3,(H,74,85)(H,75,86)(H,76,87)(H,77,83)(H,78,84). The van der Waals surface area contributed by atoms with Gasteiger partial charge in [-0.2, -0.15) is 0 Å². The van der Waals surface area contributed by atoms with Crippen LogP contribution in [0.5, 0.6) is 5.75 Å². The van der Waals surface area contributed by atoms with Gasteiger partial charge in [-0.3, -0.25) is 43.4 Å². The molecule has 0 radical (unpaired) electrons. The van der Waals surface area contributed by atoms with Gasteiger partial charge in [-0.05, 0) is 183 Å². The molecule has 1 saturated heterocycles. The molecule has 3 aliphatic carbocycles. The summed E-state index contributed by atoms with van der Waals surface area (Å²) in [6, 6.07) is 23.8. The van der Waals surface area contributed by atoms with Crippen LogP contribution in [0.4, 0.5) is 9.59 Å². The molecule has 1 heterocycles. The summed E-state index contributed by atoms with van der Waals surface area (Å²) in [6.45, 7) is 19.0. The number of likely N-dealkylation sites (N-methyl/N-ethyl adjacent to an activating group) is 2. The fourth-order valence-corrected chi connectivity index (χ4v) is 12.5. The monoisotopic (exact) mass is 1280 g/mol. The summed E-state index contributed by atoms with van der Waals surface area (Å²) >= 11 is 0. The maximum atomic E-state index is 15.0. The minimum atomic E-state index is -1.13. The summed E-state index contributed by atoms with van der Waals surface area (Å²) in [7, 11) is 2.92. The van der Waals surface area contributed by atoms with E-state index in [9.17, 15) is 43.2 Å². The molecule has 8 rings (SSSR count). The third-order valence-electron chi connectivity index (χ3n) is 18.1. The van der Waals surface area contributed by atoms with Crippen LogP contribution in [0.1, 0.15) is 177 Å². The Balaban J connectivity index is 0.928. The summed E-state index contributed by atoms with van der Waals surface area (Å²) in [6.07, 6.45) is 8.45. The molecule has 500 valence electrons. The number of ketones is 1. The third-order valence-corrected chi connectivity index (χ3v) is 18.1. The maximum Gasteiger partial charge on any atom is 0.410 e. The van der Waals surface area contributed by atoms with Gasteiger partial charge in [0.25, 0.3) is 5.91 Å². The van der Waals surface area contributed by atoms with Gasteiger partial charge in [0.05, 0.1) is 24.0 Å². The summed E-state index contributed by atoms with van der Waals surface area (Å²) in [4.78, 5) is 131. The van der Waals surface area contributed by atoms with Crippen LogP contribution in [-0.4, -0.2) is 136 Å². The number of hydrogen-bond acceptors (Lipinski definition) is 12. The Bertz CT molecular complexity index is 3400. The summed E-state index contributed by atoms with van der Waals surface area (Å²) in [5.41, 5.74) is 3.81. The minimum Gasteiger partial charge on any atom is -0.489 e. The normalized spacial score (nSPS) is 20.8. The highest BCUT2D eigenvalue weighted by atomic mass is 16.6. The first-order chi connectivity index (χ1) is 43.8. The lowest BCUT2D eigenvalue weighted by atomic mass is 9.76. The van der Waals surface area contributed by atoms with E-state index in [0.717, 1.165) is 54.4 Å². The highest BCUT2D eigenvalue weighted by molar-refractivity contribution is 5.98. The zero-order valence-electron chi connectivity index (χ0n) is 56.4. The molecule has 10 unspecified atom stereocenters. The molecule has 20 nitrogen and oxygen atoms in total. The predicted octanol–water partition coefficient (Wildman–Crippen LogP) is 9.57. The van der Waals surface area contributed by atoms with Crippen LogP contribution in [0, 0.1) is 17.3 Å². The molecule has 10 atom stereocenters. The van der Waals surface area contributed by atoms with E-state index in [1.54, 1.807) is 91.8 Å². The fraction of sp³-hybridized carbons (Fsp3) is 0.521. The first kappa shape index (κ1) is 70.3. The first-order valence-corrected chi connectivity index (χ1v) is 32.7. The molecule has 20 heteroatoms. The number of rotatable bonds is 20. The highest BCUT2D eigenvalue weighted by Gasteiger charge is 2.47. The molecule has 4 aliphatic rings. The molecular formula is C73H96N8O12. The molecule has 0 saturated carbocycles. The van der Waals surface area contributed by atoms with Gasteiger partial charge in [-0.25, -0.2) is 9.59 Å². The van der Waals surface area contributed by atoms with Crippen LogP contribution < -0.4 is 31.3 Å². The van der Waals surface area contributed by atoms with Gasteiger partial charge < -0.3 is 45.7 Å². The van der Waals surface area contributed by atoms with Gasteiger partial charge in [0.15, 0.2) is 5.78 Å². The summed E-state index contributed by atoms with van der Waals surface area (Å²) < 4.78 is 17.2. The Kier molecular flexibility index (Phi) is 22.7. The average molecular weight is 1280 g/mol. The van der Waals surface area contributed by atoms with E-state index in [4.69, 9.17) is 14.2 Å². The SMILES string of the molecule is CC(C(=O)NC(Cc1ccc(OCc2ccc(C(=O)NC3CC(C(=O)NC4CCCc5ccccc54)N(C(=O)C(NC(=O)C(C)N(C)C(=O)OC(C)(C)C)C(C)(C)C)C3)cc2)cc1)C(=O)C1CC=CCC1C(=O)NC1CCCc2ccccc21)N(C)C(=O)OC(C)(C)C. The van der Waals surface area contributed by atoms with E-state index in [-0.39, 0.29) is 55.7 Å². The number of amides is 8. The number of benzene rings is 4. The summed E-state index contributed by atoms with van der Waals surface area (Å²) in [5, 5.41) is 15.4. The number of Topliss-reactive ketones (excluding diaryl/α,β-unsaturated/α-hetero) is 1. The van der Waals surface area contributed by atoms with Crippen LogP contribution in [-0.2, 0) is 64.1 Å². The van der Waals surface area contributed by atoms with Crippen molar-refractivity contribution in [2.75, 3.05) is 20.6 Å². The second kappa shape index (κ2) is 30.0. The van der Waals surface area contributed by atoms with Gasteiger partial charge >= 0.3 is 12.2 Å². The van der Waals surface area contributed by atoms with Crippen molar-refractivity contribution in [1.82, 2.24) is 41.3 Å². The van der Waals surface area contributed by atoms with Crippen molar-refractivity contribution in [2.24, 2.45) is 17.3 Å². The Labute approximate surface area is 548 Å². The Hall–Kier alpha value is -8.55. The van der Waals surface area contributed by atoms with E-state index in [1.165, 1.54) is 34.4 Å². The third kappa shape index (κ3) is 18.4. The average Bonchev–Trinajstić information content (AvgIpc) is 1.76. The number of likely N-dealkylation sites (tertiary alicyclic amines) is 1.